The largest absolute Gasteiger partial charge is 0.508 e. The number of phenols is 1. The summed E-state index contributed by atoms with van der Waals surface area (Å²) in [6.07, 6.45) is 1.35. The van der Waals surface area contributed by atoms with Crippen molar-refractivity contribution in [2.24, 2.45) is 10.8 Å². The van der Waals surface area contributed by atoms with Gasteiger partial charge in [-0.05, 0) is 40.1 Å². The number of para-hydroxylation sites is 1. The number of nitrogens with two attached hydrogens (primary N) is 2. The van der Waals surface area contributed by atoms with Crippen LogP contribution < -0.4 is 22.2 Å². The Labute approximate surface area is 191 Å². The lowest BCUT2D eigenvalue weighted by Crippen LogP contribution is -2.22. The number of nitrogen functional groups attached to an aromatic ring is 1. The van der Waals surface area contributed by atoms with E-state index in [-0.39, 0.29) is 40.9 Å². The summed E-state index contributed by atoms with van der Waals surface area (Å²) in [5, 5.41) is 31.5. The maximum atomic E-state index is 12.8. The molecule has 2 aromatic heterocycles. The quantitative estimate of drug-likeness (QED) is 0.180. The highest BCUT2D eigenvalue weighted by Gasteiger charge is 2.24. The predicted molar refractivity (Wildman–Crippen MR) is 119 cm³/mol. The van der Waals surface area contributed by atoms with Gasteiger partial charge in [0.25, 0.3) is 11.8 Å². The third kappa shape index (κ3) is 4.64. The van der Waals surface area contributed by atoms with E-state index >= 15 is 0 Å². The summed E-state index contributed by atoms with van der Waals surface area (Å²) in [5.41, 5.74) is 14.9. The Bertz CT molecular complexity index is 1380. The minimum Gasteiger partial charge on any atom is -0.508 e. The molecule has 0 radical (unpaired) electrons. The number of carbonyl (C=O) groups excluding carboxylic acids is 2. The summed E-state index contributed by atoms with van der Waals surface area (Å²) in [4.78, 5) is 24.5. The van der Waals surface area contributed by atoms with Crippen molar-refractivity contribution < 1.29 is 19.3 Å². The third-order valence-electron chi connectivity index (χ3n) is 4.56. The number of anilines is 2. The molecule has 0 aliphatic carbocycles. The number of hydrogen-bond donors (Lipinski definition) is 5. The molecule has 0 fully saturated rings. The van der Waals surface area contributed by atoms with Gasteiger partial charge in [0.05, 0.1) is 24.0 Å². The van der Waals surface area contributed by atoms with Crippen LogP contribution in [0.25, 0.3) is 5.82 Å². The van der Waals surface area contributed by atoms with Crippen molar-refractivity contribution in [3.8, 4) is 11.6 Å². The zero-order valence-corrected chi connectivity index (χ0v) is 17.4. The Kier molecular flexibility index (Phi) is 6.11. The van der Waals surface area contributed by atoms with Gasteiger partial charge in [-0.3, -0.25) is 9.59 Å². The summed E-state index contributed by atoms with van der Waals surface area (Å²) in [7, 11) is 0. The van der Waals surface area contributed by atoms with Crippen LogP contribution in [0.5, 0.6) is 5.75 Å². The minimum absolute atomic E-state index is 0.0230. The molecule has 4 aromatic rings. The third-order valence-corrected chi connectivity index (χ3v) is 4.56. The molecule has 0 aliphatic rings. The van der Waals surface area contributed by atoms with Crippen molar-refractivity contribution in [1.82, 2.24) is 30.7 Å². The lowest BCUT2D eigenvalue weighted by molar-refractivity contribution is 0.0947. The average Bonchev–Trinajstić information content (AvgIpc) is 3.43. The first kappa shape index (κ1) is 21.9. The highest BCUT2D eigenvalue weighted by Crippen LogP contribution is 2.19. The van der Waals surface area contributed by atoms with Crippen molar-refractivity contribution >= 4 is 29.5 Å². The number of hydrazone groups is 1. The lowest BCUT2D eigenvalue weighted by Gasteiger charge is -2.11. The van der Waals surface area contributed by atoms with Crippen LogP contribution in [-0.2, 0) is 6.54 Å². The Hall–Kier alpha value is -5.27. The highest BCUT2D eigenvalue weighted by molar-refractivity contribution is 5.98. The van der Waals surface area contributed by atoms with E-state index in [9.17, 15) is 14.7 Å². The van der Waals surface area contributed by atoms with Gasteiger partial charge < -0.3 is 21.9 Å². The van der Waals surface area contributed by atoms with E-state index in [0.29, 0.717) is 11.3 Å². The number of phenolic OH excluding ortho intramolecular Hbond substituents is 1. The van der Waals surface area contributed by atoms with Crippen LogP contribution >= 0.6 is 0 Å². The fraction of sp³-hybridized carbons (Fsp3) is 0.0500. The second-order valence-electron chi connectivity index (χ2n) is 6.83. The number of primary amides is 1. The summed E-state index contributed by atoms with van der Waals surface area (Å²) in [6, 6.07) is 12.9. The second kappa shape index (κ2) is 9.47. The van der Waals surface area contributed by atoms with Gasteiger partial charge in [-0.15, -0.1) is 5.10 Å². The standard InChI is InChI=1S/C20H18N10O4/c21-17-19(28-34-27-17)30-15(10-23-14-7-2-1-6-13(14)18(22)32)16(25-29-30)20(33)26-24-9-11-4-3-5-12(31)8-11/h1-9,23,31H,10H2,(H2,21,27)(H2,22,32)(H,26,33)/b24-9+. The number of carbonyl (C=O) groups is 2. The molecule has 4 rings (SSSR count). The molecule has 14 heteroatoms. The molecule has 2 aromatic carbocycles. The smallest absolute Gasteiger partial charge is 0.293 e. The number of benzene rings is 2. The number of aromatic nitrogens is 5. The summed E-state index contributed by atoms with van der Waals surface area (Å²) in [6.45, 7) is -0.0252. The van der Waals surface area contributed by atoms with Crippen LogP contribution in [0.2, 0.25) is 0 Å². The predicted octanol–water partition coefficient (Wildman–Crippen LogP) is 0.413. The summed E-state index contributed by atoms with van der Waals surface area (Å²) in [5.74, 6) is -1.30. The van der Waals surface area contributed by atoms with Crippen LogP contribution in [0.3, 0.4) is 0 Å². The van der Waals surface area contributed by atoms with E-state index in [1.165, 1.54) is 23.0 Å². The molecule has 0 atom stereocenters. The van der Waals surface area contributed by atoms with Crippen LogP contribution in [-0.4, -0.2) is 48.4 Å². The average molecular weight is 462 g/mol. The van der Waals surface area contributed by atoms with E-state index in [1.54, 1.807) is 36.4 Å². The molecule has 0 saturated heterocycles. The van der Waals surface area contributed by atoms with Crippen molar-refractivity contribution in [2.75, 3.05) is 11.1 Å². The minimum atomic E-state index is -0.683. The number of aromatic hydroxyl groups is 1. The molecule has 7 N–H and O–H groups in total. The van der Waals surface area contributed by atoms with Gasteiger partial charge in [0, 0.05) is 5.69 Å². The molecular formula is C20H18N10O4. The topological polar surface area (TPSA) is 212 Å². The molecule has 0 aliphatic heterocycles. The second-order valence-corrected chi connectivity index (χ2v) is 6.83. The van der Waals surface area contributed by atoms with Gasteiger partial charge in [-0.2, -0.15) is 9.78 Å². The number of hydrogen-bond acceptors (Lipinski definition) is 11. The fourth-order valence-electron chi connectivity index (χ4n) is 3.00. The van der Waals surface area contributed by atoms with Gasteiger partial charge in [0.2, 0.25) is 11.6 Å². The first-order chi connectivity index (χ1) is 16.4. The lowest BCUT2D eigenvalue weighted by atomic mass is 10.1. The van der Waals surface area contributed by atoms with E-state index in [0.717, 1.165) is 0 Å². The SMILES string of the molecule is NC(=O)c1ccccc1NCc1c(C(=O)N/N=C/c2cccc(O)c2)nnn1-c1nonc1N. The Morgan fingerprint density at radius 1 is 1.18 bits per heavy atom. The summed E-state index contributed by atoms with van der Waals surface area (Å²) >= 11 is 0. The molecule has 0 saturated carbocycles. The van der Waals surface area contributed by atoms with Crippen LogP contribution in [0.1, 0.15) is 32.1 Å². The van der Waals surface area contributed by atoms with E-state index in [1.807, 2.05) is 0 Å². The highest BCUT2D eigenvalue weighted by atomic mass is 16.6. The van der Waals surface area contributed by atoms with Gasteiger partial charge >= 0.3 is 0 Å². The van der Waals surface area contributed by atoms with E-state index in [4.69, 9.17) is 11.5 Å². The zero-order chi connectivity index (χ0) is 24.1. The van der Waals surface area contributed by atoms with Crippen LogP contribution in [0.4, 0.5) is 11.5 Å². The Balaban J connectivity index is 1.61. The van der Waals surface area contributed by atoms with Crippen LogP contribution in [0.15, 0.2) is 58.3 Å². The Morgan fingerprint density at radius 2 is 2.00 bits per heavy atom. The number of nitrogens with zero attached hydrogens (tertiary/aromatic N) is 6. The maximum Gasteiger partial charge on any atom is 0.293 e. The van der Waals surface area contributed by atoms with Crippen molar-refractivity contribution in [2.45, 2.75) is 6.54 Å². The normalized spacial score (nSPS) is 10.9. The van der Waals surface area contributed by atoms with Gasteiger partial charge in [0.1, 0.15) is 5.75 Å². The first-order valence-electron chi connectivity index (χ1n) is 9.72. The summed E-state index contributed by atoms with van der Waals surface area (Å²) < 4.78 is 5.80. The molecule has 0 unspecified atom stereocenters. The molecule has 14 nitrogen and oxygen atoms in total. The van der Waals surface area contributed by atoms with Crippen molar-refractivity contribution in [1.29, 1.82) is 0 Å². The first-order valence-corrected chi connectivity index (χ1v) is 9.72. The Morgan fingerprint density at radius 3 is 2.74 bits per heavy atom. The van der Waals surface area contributed by atoms with E-state index < -0.39 is 11.8 Å². The number of rotatable bonds is 8. The number of amides is 2. The van der Waals surface area contributed by atoms with Crippen molar-refractivity contribution in [3.05, 3.63) is 71.0 Å². The molecule has 172 valence electrons. The fourth-order valence-corrected chi connectivity index (χ4v) is 3.00. The number of nitrogens with one attached hydrogen (secondary N) is 2. The molecule has 2 heterocycles. The zero-order valence-electron chi connectivity index (χ0n) is 17.4. The molecule has 0 bridgehead atoms. The molecule has 0 spiro atoms. The van der Waals surface area contributed by atoms with Crippen molar-refractivity contribution in [3.63, 3.8) is 0 Å². The van der Waals surface area contributed by atoms with E-state index in [2.05, 4.69) is 41.1 Å². The maximum absolute atomic E-state index is 12.8. The molecular weight excluding hydrogens is 444 g/mol. The van der Waals surface area contributed by atoms with Gasteiger partial charge in [0.15, 0.2) is 5.69 Å². The monoisotopic (exact) mass is 462 g/mol. The van der Waals surface area contributed by atoms with Crippen LogP contribution in [0, 0.1) is 0 Å². The molecule has 34 heavy (non-hydrogen) atoms. The van der Waals surface area contributed by atoms with Gasteiger partial charge in [-0.1, -0.05) is 29.5 Å². The molecule has 2 amide bonds. The van der Waals surface area contributed by atoms with Gasteiger partial charge in [-0.25, -0.2) is 10.1 Å².